The molecule has 20 heavy (non-hydrogen) atoms. The van der Waals surface area contributed by atoms with E-state index < -0.39 is 0 Å². The molecule has 1 atom stereocenters. The van der Waals surface area contributed by atoms with Gasteiger partial charge in [0.25, 0.3) is 0 Å². The van der Waals surface area contributed by atoms with E-state index in [1.54, 1.807) is 0 Å². The van der Waals surface area contributed by atoms with Gasteiger partial charge in [0.05, 0.1) is 12.3 Å². The van der Waals surface area contributed by atoms with Crippen LogP contribution in [0.5, 0.6) is 5.75 Å². The number of hydrogen-bond donors (Lipinski definition) is 2. The van der Waals surface area contributed by atoms with Gasteiger partial charge in [0.2, 0.25) is 5.91 Å². The van der Waals surface area contributed by atoms with Crippen molar-refractivity contribution in [2.75, 3.05) is 31.1 Å². The average Bonchev–Trinajstić information content (AvgIpc) is 2.65. The zero-order valence-corrected chi connectivity index (χ0v) is 12.0. The molecule has 5 nitrogen and oxygen atoms in total. The van der Waals surface area contributed by atoms with Gasteiger partial charge < -0.3 is 20.7 Å². The van der Waals surface area contributed by atoms with Crippen LogP contribution in [0.1, 0.15) is 19.8 Å². The Morgan fingerprint density at radius 1 is 1.50 bits per heavy atom. The van der Waals surface area contributed by atoms with Crippen LogP contribution in [0, 0.1) is 0 Å². The Kier molecular flexibility index (Phi) is 5.24. The third-order valence-corrected chi connectivity index (χ3v) is 3.42. The maximum atomic E-state index is 11.6. The summed E-state index contributed by atoms with van der Waals surface area (Å²) < 4.78 is 5.72. The SMILES string of the molecule is CCCNC(CN1CCCOc2ccccc21)C(N)=O. The van der Waals surface area contributed by atoms with Gasteiger partial charge in [-0.1, -0.05) is 19.1 Å². The fraction of sp³-hybridized carbons (Fsp3) is 0.533. The molecule has 1 aliphatic rings. The molecule has 1 heterocycles. The number of ether oxygens (including phenoxy) is 1. The van der Waals surface area contributed by atoms with E-state index >= 15 is 0 Å². The van der Waals surface area contributed by atoms with Gasteiger partial charge in [-0.15, -0.1) is 0 Å². The highest BCUT2D eigenvalue weighted by Gasteiger charge is 2.22. The van der Waals surface area contributed by atoms with Crippen LogP contribution in [0.2, 0.25) is 0 Å². The second-order valence-corrected chi connectivity index (χ2v) is 5.02. The highest BCUT2D eigenvalue weighted by atomic mass is 16.5. The van der Waals surface area contributed by atoms with Gasteiger partial charge in [0.1, 0.15) is 11.8 Å². The van der Waals surface area contributed by atoms with Crippen LogP contribution >= 0.6 is 0 Å². The van der Waals surface area contributed by atoms with Crippen LogP contribution < -0.4 is 20.7 Å². The predicted molar refractivity (Wildman–Crippen MR) is 80.0 cm³/mol. The number of carbonyl (C=O) groups is 1. The van der Waals surface area contributed by atoms with E-state index in [4.69, 9.17) is 10.5 Å². The van der Waals surface area contributed by atoms with E-state index in [1.165, 1.54) is 0 Å². The molecule has 5 heteroatoms. The number of nitrogens with one attached hydrogen (secondary N) is 1. The Bertz CT molecular complexity index is 450. The minimum Gasteiger partial charge on any atom is -0.491 e. The lowest BCUT2D eigenvalue weighted by atomic mass is 10.2. The van der Waals surface area contributed by atoms with Crippen LogP contribution in [0.25, 0.3) is 0 Å². The summed E-state index contributed by atoms with van der Waals surface area (Å²) in [4.78, 5) is 13.8. The molecule has 2 rings (SSSR count). The fourth-order valence-corrected chi connectivity index (χ4v) is 2.38. The van der Waals surface area contributed by atoms with Crippen molar-refractivity contribution < 1.29 is 9.53 Å². The van der Waals surface area contributed by atoms with Crippen molar-refractivity contribution in [2.45, 2.75) is 25.8 Å². The maximum absolute atomic E-state index is 11.6. The highest BCUT2D eigenvalue weighted by Crippen LogP contribution is 2.30. The molecule has 0 fully saturated rings. The highest BCUT2D eigenvalue weighted by molar-refractivity contribution is 5.80. The molecule has 1 amide bonds. The molecule has 110 valence electrons. The first-order valence-corrected chi connectivity index (χ1v) is 7.22. The fourth-order valence-electron chi connectivity index (χ4n) is 2.38. The molecule has 0 saturated heterocycles. The molecule has 0 radical (unpaired) electrons. The molecule has 0 aliphatic carbocycles. The van der Waals surface area contributed by atoms with Crippen molar-refractivity contribution in [3.8, 4) is 5.75 Å². The van der Waals surface area contributed by atoms with Gasteiger partial charge in [-0.3, -0.25) is 4.79 Å². The smallest absolute Gasteiger partial charge is 0.236 e. The van der Waals surface area contributed by atoms with Crippen molar-refractivity contribution in [2.24, 2.45) is 5.73 Å². The van der Waals surface area contributed by atoms with E-state index in [0.29, 0.717) is 13.2 Å². The number of para-hydroxylation sites is 2. The summed E-state index contributed by atoms with van der Waals surface area (Å²) in [5, 5.41) is 3.21. The van der Waals surface area contributed by atoms with Crippen LogP contribution in [0.15, 0.2) is 24.3 Å². The number of fused-ring (bicyclic) bond motifs is 1. The number of hydrogen-bond acceptors (Lipinski definition) is 4. The Morgan fingerprint density at radius 2 is 2.30 bits per heavy atom. The first-order valence-electron chi connectivity index (χ1n) is 7.22. The minimum absolute atomic E-state index is 0.305. The van der Waals surface area contributed by atoms with Crippen LogP contribution in [-0.4, -0.2) is 38.2 Å². The maximum Gasteiger partial charge on any atom is 0.236 e. The summed E-state index contributed by atoms with van der Waals surface area (Å²) in [5.41, 5.74) is 6.53. The average molecular weight is 277 g/mol. The van der Waals surface area contributed by atoms with Gasteiger partial charge in [0.15, 0.2) is 0 Å². The predicted octanol–water partition coefficient (Wildman–Crippen LogP) is 1.13. The second kappa shape index (κ2) is 7.14. The normalized spacial score (nSPS) is 15.9. The van der Waals surface area contributed by atoms with Crippen molar-refractivity contribution in [3.05, 3.63) is 24.3 Å². The third kappa shape index (κ3) is 3.63. The van der Waals surface area contributed by atoms with Gasteiger partial charge in [-0.25, -0.2) is 0 Å². The number of nitrogens with zero attached hydrogens (tertiary/aromatic N) is 1. The Morgan fingerprint density at radius 3 is 3.05 bits per heavy atom. The molecule has 0 saturated carbocycles. The van der Waals surface area contributed by atoms with Crippen molar-refractivity contribution in [1.29, 1.82) is 0 Å². The van der Waals surface area contributed by atoms with Crippen molar-refractivity contribution in [3.63, 3.8) is 0 Å². The lowest BCUT2D eigenvalue weighted by Gasteiger charge is -2.27. The van der Waals surface area contributed by atoms with Gasteiger partial charge >= 0.3 is 0 Å². The topological polar surface area (TPSA) is 67.6 Å². The largest absolute Gasteiger partial charge is 0.491 e. The van der Waals surface area contributed by atoms with Crippen molar-refractivity contribution in [1.82, 2.24) is 5.32 Å². The summed E-state index contributed by atoms with van der Waals surface area (Å²) in [6.07, 6.45) is 1.91. The number of rotatable bonds is 6. The first kappa shape index (κ1) is 14.7. The number of anilines is 1. The Balaban J connectivity index is 2.12. The van der Waals surface area contributed by atoms with E-state index in [-0.39, 0.29) is 11.9 Å². The monoisotopic (exact) mass is 277 g/mol. The molecule has 0 spiro atoms. The molecule has 1 unspecified atom stereocenters. The molecule has 1 aromatic carbocycles. The van der Waals surface area contributed by atoms with Crippen LogP contribution in [-0.2, 0) is 4.79 Å². The molecule has 1 aromatic rings. The summed E-state index contributed by atoms with van der Waals surface area (Å²) >= 11 is 0. The van der Waals surface area contributed by atoms with Crippen LogP contribution in [0.3, 0.4) is 0 Å². The number of carbonyl (C=O) groups excluding carboxylic acids is 1. The second-order valence-electron chi connectivity index (χ2n) is 5.02. The summed E-state index contributed by atoms with van der Waals surface area (Å²) in [6.45, 7) is 5.02. The van der Waals surface area contributed by atoms with E-state index in [9.17, 15) is 4.79 Å². The van der Waals surface area contributed by atoms with E-state index in [2.05, 4.69) is 17.1 Å². The minimum atomic E-state index is -0.332. The zero-order valence-electron chi connectivity index (χ0n) is 12.0. The van der Waals surface area contributed by atoms with Crippen molar-refractivity contribution >= 4 is 11.6 Å². The van der Waals surface area contributed by atoms with Crippen LogP contribution in [0.4, 0.5) is 5.69 Å². The standard InChI is InChI=1S/C15H23N3O2/c1-2-8-17-12(15(16)19)11-18-9-5-10-20-14-7-4-3-6-13(14)18/h3-4,6-7,12,17H,2,5,8-11H2,1H3,(H2,16,19). The lowest BCUT2D eigenvalue weighted by molar-refractivity contribution is -0.119. The number of amides is 1. The molecule has 3 N–H and O–H groups in total. The van der Waals surface area contributed by atoms with Gasteiger partial charge in [-0.05, 0) is 31.5 Å². The molecular weight excluding hydrogens is 254 g/mol. The summed E-state index contributed by atoms with van der Waals surface area (Å²) in [5.74, 6) is 0.574. The molecule has 0 bridgehead atoms. The third-order valence-electron chi connectivity index (χ3n) is 3.42. The quantitative estimate of drug-likeness (QED) is 0.818. The van der Waals surface area contributed by atoms with E-state index in [0.717, 1.165) is 37.4 Å². The van der Waals surface area contributed by atoms with E-state index in [1.807, 2.05) is 24.3 Å². The first-order chi connectivity index (χ1) is 9.72. The molecule has 0 aromatic heterocycles. The summed E-state index contributed by atoms with van der Waals surface area (Å²) in [7, 11) is 0. The molecular formula is C15H23N3O2. The zero-order chi connectivity index (χ0) is 14.4. The Labute approximate surface area is 120 Å². The van der Waals surface area contributed by atoms with Gasteiger partial charge in [0, 0.05) is 13.1 Å². The number of nitrogens with two attached hydrogens (primary N) is 1. The molecule has 1 aliphatic heterocycles. The number of benzene rings is 1. The number of primary amides is 1. The summed E-state index contributed by atoms with van der Waals surface area (Å²) in [6, 6.07) is 7.61. The lowest BCUT2D eigenvalue weighted by Crippen LogP contribution is -2.49. The van der Waals surface area contributed by atoms with Gasteiger partial charge in [-0.2, -0.15) is 0 Å². The Hall–Kier alpha value is -1.75.